The van der Waals surface area contributed by atoms with Crippen molar-refractivity contribution in [2.24, 2.45) is 5.73 Å². The van der Waals surface area contributed by atoms with Crippen LogP contribution in [0.1, 0.15) is 32.1 Å². The molecule has 0 rings (SSSR count). The van der Waals surface area contributed by atoms with Gasteiger partial charge in [-0.2, -0.15) is 0 Å². The van der Waals surface area contributed by atoms with Crippen LogP contribution in [-0.4, -0.2) is 42.2 Å². The SMILES string of the molecule is CNC(=O)CCC(=O)N(O)CCCCCN. The van der Waals surface area contributed by atoms with Gasteiger partial charge in [0.15, 0.2) is 0 Å². The molecule has 16 heavy (non-hydrogen) atoms. The zero-order valence-electron chi connectivity index (χ0n) is 9.74. The Morgan fingerprint density at radius 1 is 1.25 bits per heavy atom. The Morgan fingerprint density at radius 2 is 1.94 bits per heavy atom. The van der Waals surface area contributed by atoms with Crippen molar-refractivity contribution >= 4 is 11.8 Å². The molecule has 4 N–H and O–H groups in total. The summed E-state index contributed by atoms with van der Waals surface area (Å²) in [6, 6.07) is 0. The molecule has 0 aliphatic carbocycles. The molecule has 0 aromatic rings. The minimum absolute atomic E-state index is 0.0348. The third kappa shape index (κ3) is 7.19. The van der Waals surface area contributed by atoms with E-state index in [2.05, 4.69) is 5.32 Å². The highest BCUT2D eigenvalue weighted by Crippen LogP contribution is 2.00. The lowest BCUT2D eigenvalue weighted by Gasteiger charge is -2.14. The van der Waals surface area contributed by atoms with Crippen LogP contribution in [0.3, 0.4) is 0 Å². The van der Waals surface area contributed by atoms with E-state index < -0.39 is 5.91 Å². The van der Waals surface area contributed by atoms with Crippen LogP contribution >= 0.6 is 0 Å². The van der Waals surface area contributed by atoms with Crippen molar-refractivity contribution in [2.45, 2.75) is 32.1 Å². The van der Waals surface area contributed by atoms with Gasteiger partial charge in [-0.1, -0.05) is 6.42 Å². The van der Waals surface area contributed by atoms with Crippen LogP contribution in [0.25, 0.3) is 0 Å². The fraction of sp³-hybridized carbons (Fsp3) is 0.800. The van der Waals surface area contributed by atoms with Crippen molar-refractivity contribution in [3.05, 3.63) is 0 Å². The molecule has 0 aliphatic heterocycles. The van der Waals surface area contributed by atoms with Gasteiger partial charge in [0.2, 0.25) is 11.8 Å². The second-order valence-corrected chi connectivity index (χ2v) is 3.54. The molecule has 0 radical (unpaired) electrons. The number of hydrogen-bond donors (Lipinski definition) is 3. The van der Waals surface area contributed by atoms with E-state index in [1.807, 2.05) is 0 Å². The molecule has 0 saturated heterocycles. The van der Waals surface area contributed by atoms with Crippen molar-refractivity contribution in [2.75, 3.05) is 20.1 Å². The van der Waals surface area contributed by atoms with Crippen molar-refractivity contribution in [1.82, 2.24) is 10.4 Å². The summed E-state index contributed by atoms with van der Waals surface area (Å²) in [4.78, 5) is 22.2. The first-order valence-corrected chi connectivity index (χ1v) is 5.51. The Kier molecular flexibility index (Phi) is 8.46. The van der Waals surface area contributed by atoms with Gasteiger partial charge in [-0.15, -0.1) is 0 Å². The summed E-state index contributed by atoms with van der Waals surface area (Å²) >= 11 is 0. The maximum absolute atomic E-state index is 11.3. The number of unbranched alkanes of at least 4 members (excludes halogenated alkanes) is 2. The van der Waals surface area contributed by atoms with Crippen LogP contribution in [-0.2, 0) is 9.59 Å². The summed E-state index contributed by atoms with van der Waals surface area (Å²) < 4.78 is 0. The average molecular weight is 231 g/mol. The summed E-state index contributed by atoms with van der Waals surface area (Å²) in [5.41, 5.74) is 5.31. The van der Waals surface area contributed by atoms with Crippen LogP contribution in [0.15, 0.2) is 0 Å². The highest BCUT2D eigenvalue weighted by atomic mass is 16.5. The standard InChI is InChI=1S/C10H21N3O3/c1-12-9(14)5-6-10(15)13(16)8-4-2-3-7-11/h16H,2-8,11H2,1H3,(H,12,14). The van der Waals surface area contributed by atoms with Crippen molar-refractivity contribution in [1.29, 1.82) is 0 Å². The van der Waals surface area contributed by atoms with Gasteiger partial charge in [0.25, 0.3) is 0 Å². The smallest absolute Gasteiger partial charge is 0.246 e. The lowest BCUT2D eigenvalue weighted by Crippen LogP contribution is -2.30. The van der Waals surface area contributed by atoms with Gasteiger partial charge >= 0.3 is 0 Å². The monoisotopic (exact) mass is 231 g/mol. The topological polar surface area (TPSA) is 95.7 Å². The highest BCUT2D eigenvalue weighted by Gasteiger charge is 2.11. The largest absolute Gasteiger partial charge is 0.359 e. The van der Waals surface area contributed by atoms with Crippen LogP contribution < -0.4 is 11.1 Å². The third-order valence-electron chi connectivity index (χ3n) is 2.21. The van der Waals surface area contributed by atoms with Crippen molar-refractivity contribution in [3.8, 4) is 0 Å². The number of amides is 2. The first-order chi connectivity index (χ1) is 7.61. The van der Waals surface area contributed by atoms with Crippen LogP contribution in [0.5, 0.6) is 0 Å². The molecule has 94 valence electrons. The van der Waals surface area contributed by atoms with Crippen molar-refractivity contribution < 1.29 is 14.8 Å². The van der Waals surface area contributed by atoms with Gasteiger partial charge in [-0.3, -0.25) is 14.8 Å². The predicted octanol–water partition coefficient (Wildman–Crippen LogP) is -0.141. The second-order valence-electron chi connectivity index (χ2n) is 3.54. The van der Waals surface area contributed by atoms with E-state index in [-0.39, 0.29) is 18.7 Å². The number of nitrogens with zero attached hydrogens (tertiary/aromatic N) is 1. The highest BCUT2D eigenvalue weighted by molar-refractivity contribution is 5.82. The Bertz CT molecular complexity index is 221. The number of carbonyl (C=O) groups is 2. The molecule has 0 heterocycles. The quantitative estimate of drug-likeness (QED) is 0.308. The molecule has 0 aromatic heterocycles. The van der Waals surface area contributed by atoms with Gasteiger partial charge in [0.05, 0.1) is 0 Å². The zero-order valence-corrected chi connectivity index (χ0v) is 9.74. The molecular formula is C10H21N3O3. The lowest BCUT2D eigenvalue weighted by molar-refractivity contribution is -0.166. The Balaban J connectivity index is 3.61. The molecule has 0 spiro atoms. The molecule has 0 fully saturated rings. The molecule has 6 heteroatoms. The number of nitrogens with two attached hydrogens (primary N) is 1. The van der Waals surface area contributed by atoms with Crippen LogP contribution in [0.2, 0.25) is 0 Å². The van der Waals surface area contributed by atoms with E-state index >= 15 is 0 Å². The maximum atomic E-state index is 11.3. The molecule has 0 aromatic carbocycles. The molecule has 6 nitrogen and oxygen atoms in total. The number of nitrogens with one attached hydrogen (secondary N) is 1. The number of hydrogen-bond acceptors (Lipinski definition) is 4. The van der Waals surface area contributed by atoms with Gasteiger partial charge in [-0.25, -0.2) is 5.06 Å². The fourth-order valence-corrected chi connectivity index (χ4v) is 1.18. The second kappa shape index (κ2) is 9.11. The lowest BCUT2D eigenvalue weighted by atomic mass is 10.2. The molecule has 0 aliphatic rings. The molecule has 0 unspecified atom stereocenters. The number of rotatable bonds is 8. The van der Waals surface area contributed by atoms with Crippen LogP contribution in [0, 0.1) is 0 Å². The predicted molar refractivity (Wildman–Crippen MR) is 59.7 cm³/mol. The van der Waals surface area contributed by atoms with Gasteiger partial charge in [-0.05, 0) is 19.4 Å². The number of carbonyl (C=O) groups excluding carboxylic acids is 2. The summed E-state index contributed by atoms with van der Waals surface area (Å²) in [5.74, 6) is -0.624. The summed E-state index contributed by atoms with van der Waals surface area (Å²) in [6.45, 7) is 0.919. The summed E-state index contributed by atoms with van der Waals surface area (Å²) in [6.07, 6.45) is 2.64. The van der Waals surface area contributed by atoms with Gasteiger partial charge < -0.3 is 11.1 Å². The third-order valence-corrected chi connectivity index (χ3v) is 2.21. The molecule has 0 saturated carbocycles. The Hall–Kier alpha value is -1.14. The fourth-order valence-electron chi connectivity index (χ4n) is 1.18. The van der Waals surface area contributed by atoms with Crippen molar-refractivity contribution in [3.63, 3.8) is 0 Å². The first kappa shape index (κ1) is 14.9. The van der Waals surface area contributed by atoms with Gasteiger partial charge in [0, 0.05) is 26.4 Å². The van der Waals surface area contributed by atoms with Gasteiger partial charge in [0.1, 0.15) is 0 Å². The molecule has 2 amide bonds. The van der Waals surface area contributed by atoms with E-state index in [9.17, 15) is 14.8 Å². The summed E-state index contributed by atoms with van der Waals surface area (Å²) in [7, 11) is 1.51. The Morgan fingerprint density at radius 3 is 2.50 bits per heavy atom. The molecule has 0 atom stereocenters. The maximum Gasteiger partial charge on any atom is 0.246 e. The minimum Gasteiger partial charge on any atom is -0.359 e. The average Bonchev–Trinajstić information content (AvgIpc) is 2.30. The van der Waals surface area contributed by atoms with E-state index in [1.54, 1.807) is 0 Å². The van der Waals surface area contributed by atoms with E-state index in [4.69, 9.17) is 5.73 Å². The Labute approximate surface area is 95.7 Å². The molecular weight excluding hydrogens is 210 g/mol. The van der Waals surface area contributed by atoms with E-state index in [1.165, 1.54) is 7.05 Å². The molecule has 0 bridgehead atoms. The number of hydroxylamine groups is 2. The summed E-state index contributed by atoms with van der Waals surface area (Å²) in [5, 5.41) is 12.4. The van der Waals surface area contributed by atoms with Crippen LogP contribution in [0.4, 0.5) is 0 Å². The minimum atomic E-state index is -0.420. The van der Waals surface area contributed by atoms with E-state index in [0.717, 1.165) is 19.3 Å². The first-order valence-electron chi connectivity index (χ1n) is 5.51. The van der Waals surface area contributed by atoms with E-state index in [0.29, 0.717) is 18.2 Å². The normalized spacial score (nSPS) is 9.94. The zero-order chi connectivity index (χ0) is 12.4.